The van der Waals surface area contributed by atoms with E-state index in [0.717, 1.165) is 38.5 Å². The van der Waals surface area contributed by atoms with E-state index in [4.69, 9.17) is 4.74 Å². The van der Waals surface area contributed by atoms with Gasteiger partial charge in [0, 0.05) is 12.0 Å². The van der Waals surface area contributed by atoms with Gasteiger partial charge in [0.25, 0.3) is 0 Å². The molecule has 5 nitrogen and oxygen atoms in total. The topological polar surface area (TPSA) is 72.8 Å². The molecular weight excluding hydrogens is 353 g/mol. The molecular formula is C18H25F3O5. The van der Waals surface area contributed by atoms with E-state index in [1.807, 2.05) is 0 Å². The maximum absolute atomic E-state index is 12.4. The molecule has 0 saturated heterocycles. The van der Waals surface area contributed by atoms with Crippen LogP contribution in [0.2, 0.25) is 0 Å². The second kappa shape index (κ2) is 6.69. The normalized spacial score (nSPS) is 36.7. The molecule has 8 heteroatoms. The summed E-state index contributed by atoms with van der Waals surface area (Å²) in [5, 5.41) is 9.83. The SMILES string of the molecule is CC(C(=O)OCC(=O)OCC12CC3CC(CC(CO)(C3)C1)C2)C(F)(F)F. The first-order valence-electron chi connectivity index (χ1n) is 9.06. The van der Waals surface area contributed by atoms with E-state index in [-0.39, 0.29) is 24.0 Å². The van der Waals surface area contributed by atoms with E-state index < -0.39 is 30.6 Å². The molecule has 0 aromatic rings. The monoisotopic (exact) mass is 378 g/mol. The standard InChI is InChI=1S/C18H25F3O5/c1-11(18(19,20)21)15(24)25-7-14(23)26-10-17-5-12-2-13(6-17)4-16(3-12,8-17)9-22/h11-13,22H,2-10H2,1H3. The van der Waals surface area contributed by atoms with Crippen molar-refractivity contribution in [3.8, 4) is 0 Å². The van der Waals surface area contributed by atoms with Crippen LogP contribution in [0, 0.1) is 28.6 Å². The molecule has 0 amide bonds. The Kier molecular flexibility index (Phi) is 5.01. The number of hydrogen-bond acceptors (Lipinski definition) is 5. The third kappa shape index (κ3) is 3.85. The number of aliphatic hydroxyl groups excluding tert-OH is 1. The van der Waals surface area contributed by atoms with Crippen LogP contribution < -0.4 is 0 Å². The van der Waals surface area contributed by atoms with Crippen LogP contribution in [-0.4, -0.2) is 43.0 Å². The smallest absolute Gasteiger partial charge is 0.401 e. The van der Waals surface area contributed by atoms with Gasteiger partial charge in [0.15, 0.2) is 6.61 Å². The first kappa shape index (κ1) is 19.5. The van der Waals surface area contributed by atoms with Gasteiger partial charge in [0.05, 0.1) is 6.61 Å². The Hall–Kier alpha value is -1.31. The number of carbonyl (C=O) groups excluding carboxylic acids is 2. The quantitative estimate of drug-likeness (QED) is 0.720. The summed E-state index contributed by atoms with van der Waals surface area (Å²) < 4.78 is 47.0. The van der Waals surface area contributed by atoms with Crippen LogP contribution in [0.25, 0.3) is 0 Å². The largest absolute Gasteiger partial charge is 0.463 e. The molecule has 4 rings (SSSR count). The zero-order valence-corrected chi connectivity index (χ0v) is 14.8. The fourth-order valence-corrected chi connectivity index (χ4v) is 5.67. The van der Waals surface area contributed by atoms with Gasteiger partial charge in [0.1, 0.15) is 5.92 Å². The predicted molar refractivity (Wildman–Crippen MR) is 83.8 cm³/mol. The highest BCUT2D eigenvalue weighted by atomic mass is 19.4. The Balaban J connectivity index is 1.50. The van der Waals surface area contributed by atoms with Gasteiger partial charge in [0.2, 0.25) is 0 Å². The number of halogens is 3. The summed E-state index contributed by atoms with van der Waals surface area (Å²) >= 11 is 0. The van der Waals surface area contributed by atoms with Crippen molar-refractivity contribution in [3.05, 3.63) is 0 Å². The summed E-state index contributed by atoms with van der Waals surface area (Å²) in [5.74, 6) is -3.52. The van der Waals surface area contributed by atoms with Crippen LogP contribution in [0.5, 0.6) is 0 Å². The maximum atomic E-state index is 12.4. The van der Waals surface area contributed by atoms with Gasteiger partial charge in [-0.2, -0.15) is 13.2 Å². The van der Waals surface area contributed by atoms with Gasteiger partial charge >= 0.3 is 18.1 Å². The Morgan fingerprint density at radius 1 is 1.12 bits per heavy atom. The Morgan fingerprint density at radius 3 is 2.23 bits per heavy atom. The van der Waals surface area contributed by atoms with Crippen LogP contribution in [0.15, 0.2) is 0 Å². The molecule has 4 bridgehead atoms. The summed E-state index contributed by atoms with van der Waals surface area (Å²) in [5.41, 5.74) is -0.239. The van der Waals surface area contributed by atoms with Crippen LogP contribution in [0.4, 0.5) is 13.2 Å². The number of ether oxygens (including phenoxy) is 2. The Labute approximate surface area is 150 Å². The fourth-order valence-electron chi connectivity index (χ4n) is 5.67. The molecule has 0 aromatic carbocycles. The minimum Gasteiger partial charge on any atom is -0.463 e. The summed E-state index contributed by atoms with van der Waals surface area (Å²) in [6, 6.07) is 0. The van der Waals surface area contributed by atoms with Crippen LogP contribution in [-0.2, 0) is 19.1 Å². The second-order valence-corrected chi connectivity index (χ2v) is 8.65. The summed E-state index contributed by atoms with van der Waals surface area (Å²) in [4.78, 5) is 23.2. The minimum absolute atomic E-state index is 0.0783. The van der Waals surface area contributed by atoms with Crippen molar-refractivity contribution < 1.29 is 37.3 Å². The number of aliphatic hydroxyl groups is 1. The van der Waals surface area contributed by atoms with Crippen LogP contribution >= 0.6 is 0 Å². The van der Waals surface area contributed by atoms with Gasteiger partial charge in [-0.15, -0.1) is 0 Å². The van der Waals surface area contributed by atoms with Gasteiger partial charge in [-0.25, -0.2) is 4.79 Å². The molecule has 0 aliphatic heterocycles. The van der Waals surface area contributed by atoms with E-state index in [2.05, 4.69) is 4.74 Å². The molecule has 3 atom stereocenters. The molecule has 26 heavy (non-hydrogen) atoms. The summed E-state index contributed by atoms with van der Waals surface area (Å²) in [7, 11) is 0. The van der Waals surface area contributed by atoms with E-state index in [1.54, 1.807) is 0 Å². The molecule has 0 heterocycles. The molecule has 4 aliphatic carbocycles. The number of rotatable bonds is 6. The van der Waals surface area contributed by atoms with E-state index in [0.29, 0.717) is 18.8 Å². The van der Waals surface area contributed by atoms with Crippen molar-refractivity contribution in [2.75, 3.05) is 19.8 Å². The van der Waals surface area contributed by atoms with Crippen molar-refractivity contribution in [2.45, 2.75) is 51.6 Å². The Morgan fingerprint density at radius 2 is 1.69 bits per heavy atom. The van der Waals surface area contributed by atoms with E-state index in [1.165, 1.54) is 0 Å². The number of carbonyl (C=O) groups is 2. The molecule has 0 radical (unpaired) electrons. The summed E-state index contributed by atoms with van der Waals surface area (Å²) in [6.07, 6.45) is 1.20. The average molecular weight is 378 g/mol. The zero-order valence-electron chi connectivity index (χ0n) is 14.8. The average Bonchev–Trinajstić information content (AvgIpc) is 2.55. The molecule has 4 aliphatic rings. The number of alkyl halides is 3. The lowest BCUT2D eigenvalue weighted by Gasteiger charge is -2.61. The molecule has 0 aromatic heterocycles. The molecule has 4 saturated carbocycles. The number of hydrogen-bond donors (Lipinski definition) is 1. The lowest BCUT2D eigenvalue weighted by atomic mass is 9.44. The highest BCUT2D eigenvalue weighted by Crippen LogP contribution is 2.65. The first-order valence-corrected chi connectivity index (χ1v) is 9.06. The Bertz CT molecular complexity index is 560. The second-order valence-electron chi connectivity index (χ2n) is 8.65. The zero-order chi connectivity index (χ0) is 19.2. The molecule has 4 fully saturated rings. The molecule has 3 unspecified atom stereocenters. The van der Waals surface area contributed by atoms with E-state index in [9.17, 15) is 27.9 Å². The third-order valence-electron chi connectivity index (χ3n) is 6.35. The van der Waals surface area contributed by atoms with Crippen LogP contribution in [0.3, 0.4) is 0 Å². The van der Waals surface area contributed by atoms with Crippen molar-refractivity contribution in [3.63, 3.8) is 0 Å². The molecule has 0 spiro atoms. The molecule has 148 valence electrons. The van der Waals surface area contributed by atoms with Crippen molar-refractivity contribution in [1.82, 2.24) is 0 Å². The lowest BCUT2D eigenvalue weighted by Crippen LogP contribution is -2.55. The summed E-state index contributed by atoms with van der Waals surface area (Å²) in [6.45, 7) is 0.195. The van der Waals surface area contributed by atoms with Crippen molar-refractivity contribution >= 4 is 11.9 Å². The predicted octanol–water partition coefficient (Wildman–Crippen LogP) is 2.85. The van der Waals surface area contributed by atoms with Crippen molar-refractivity contribution in [1.29, 1.82) is 0 Å². The van der Waals surface area contributed by atoms with Crippen molar-refractivity contribution in [2.24, 2.45) is 28.6 Å². The minimum atomic E-state index is -4.70. The highest BCUT2D eigenvalue weighted by Gasteiger charge is 2.57. The number of esters is 2. The first-order chi connectivity index (χ1) is 12.1. The fraction of sp³-hybridized carbons (Fsp3) is 0.889. The third-order valence-corrected chi connectivity index (χ3v) is 6.35. The molecule has 1 N–H and O–H groups in total. The van der Waals surface area contributed by atoms with Gasteiger partial charge in [-0.3, -0.25) is 4.79 Å². The highest BCUT2D eigenvalue weighted by molar-refractivity contribution is 5.78. The maximum Gasteiger partial charge on any atom is 0.401 e. The van der Waals surface area contributed by atoms with Gasteiger partial charge in [-0.1, -0.05) is 0 Å². The lowest BCUT2D eigenvalue weighted by molar-refractivity contribution is -0.197. The van der Waals surface area contributed by atoms with E-state index >= 15 is 0 Å². The van der Waals surface area contributed by atoms with Gasteiger partial charge < -0.3 is 14.6 Å². The van der Waals surface area contributed by atoms with Gasteiger partial charge in [-0.05, 0) is 62.7 Å². The van der Waals surface area contributed by atoms with Crippen LogP contribution in [0.1, 0.15) is 45.4 Å².